The van der Waals surface area contributed by atoms with E-state index in [0.29, 0.717) is 18.2 Å². The monoisotopic (exact) mass is 387 g/mol. The van der Waals surface area contributed by atoms with Crippen LogP contribution in [0.3, 0.4) is 0 Å². The van der Waals surface area contributed by atoms with Gasteiger partial charge in [0.05, 0.1) is 5.69 Å². The van der Waals surface area contributed by atoms with E-state index in [1.165, 1.54) is 0 Å². The number of aromatic nitrogens is 1. The van der Waals surface area contributed by atoms with Crippen LogP contribution in [-0.2, 0) is 17.8 Å². The summed E-state index contributed by atoms with van der Waals surface area (Å²) in [6.07, 6.45) is 0.820. The van der Waals surface area contributed by atoms with E-state index in [1.807, 2.05) is 37.3 Å². The molecule has 0 fully saturated rings. The number of nitrogens with zero attached hydrogens (tertiary/aromatic N) is 2. The number of guanidine groups is 1. The van der Waals surface area contributed by atoms with Crippen LogP contribution < -0.4 is 21.1 Å². The second-order valence-electron chi connectivity index (χ2n) is 6.64. The van der Waals surface area contributed by atoms with Crippen molar-refractivity contribution in [2.45, 2.75) is 39.7 Å². The fourth-order valence-electron chi connectivity index (χ4n) is 2.41. The quantitative estimate of drug-likeness (QED) is 0.424. The zero-order valence-corrected chi connectivity index (χ0v) is 16.7. The third-order valence-corrected chi connectivity index (χ3v) is 3.92. The van der Waals surface area contributed by atoms with Gasteiger partial charge in [0.2, 0.25) is 0 Å². The molecule has 2 aromatic rings. The Labute approximate surface area is 165 Å². The van der Waals surface area contributed by atoms with Crippen molar-refractivity contribution in [3.8, 4) is 5.75 Å². The van der Waals surface area contributed by atoms with E-state index in [2.05, 4.69) is 34.6 Å². The standard InChI is InChI=1S/C20H29N5O3/c1-4-22-20(24-12-17-11-18(14(2)3)25-28-17)23-10-9-15-5-7-16(8-6-15)27-13-19(21)26/h5-8,11,14H,4,9-10,12-13H2,1-3H3,(H2,21,26)(H2,22,23,24). The Hall–Kier alpha value is -3.03. The number of amides is 1. The van der Waals surface area contributed by atoms with Crippen LogP contribution in [0.1, 0.15) is 43.7 Å². The zero-order chi connectivity index (χ0) is 20.4. The molecule has 2 rings (SSSR count). The number of carbonyl (C=O) groups excluding carboxylic acids is 1. The fourth-order valence-corrected chi connectivity index (χ4v) is 2.41. The average Bonchev–Trinajstić information content (AvgIpc) is 3.15. The molecule has 0 bridgehead atoms. The van der Waals surface area contributed by atoms with Crippen molar-refractivity contribution >= 4 is 11.9 Å². The normalized spacial score (nSPS) is 11.5. The van der Waals surface area contributed by atoms with Gasteiger partial charge in [0.25, 0.3) is 5.91 Å². The summed E-state index contributed by atoms with van der Waals surface area (Å²) < 4.78 is 10.6. The first-order valence-electron chi connectivity index (χ1n) is 9.45. The van der Waals surface area contributed by atoms with Crippen LogP contribution >= 0.6 is 0 Å². The predicted molar refractivity (Wildman–Crippen MR) is 108 cm³/mol. The van der Waals surface area contributed by atoms with Crippen molar-refractivity contribution in [3.05, 3.63) is 47.3 Å². The molecule has 0 unspecified atom stereocenters. The maximum atomic E-state index is 10.7. The Morgan fingerprint density at radius 1 is 1.29 bits per heavy atom. The average molecular weight is 387 g/mol. The van der Waals surface area contributed by atoms with Crippen LogP contribution in [0, 0.1) is 0 Å². The minimum Gasteiger partial charge on any atom is -0.484 e. The number of rotatable bonds is 10. The van der Waals surface area contributed by atoms with Gasteiger partial charge in [-0.15, -0.1) is 0 Å². The van der Waals surface area contributed by atoms with Crippen molar-refractivity contribution in [1.29, 1.82) is 0 Å². The third-order valence-electron chi connectivity index (χ3n) is 3.92. The Morgan fingerprint density at radius 2 is 2.04 bits per heavy atom. The lowest BCUT2D eigenvalue weighted by Crippen LogP contribution is -2.38. The Bertz CT molecular complexity index is 768. The molecule has 8 heteroatoms. The van der Waals surface area contributed by atoms with Crippen LogP contribution in [-0.4, -0.2) is 36.7 Å². The van der Waals surface area contributed by atoms with Gasteiger partial charge >= 0.3 is 0 Å². The van der Waals surface area contributed by atoms with E-state index in [9.17, 15) is 4.79 Å². The maximum absolute atomic E-state index is 10.7. The summed E-state index contributed by atoms with van der Waals surface area (Å²) in [7, 11) is 0. The molecule has 0 spiro atoms. The van der Waals surface area contributed by atoms with E-state index in [4.69, 9.17) is 15.0 Å². The molecule has 1 aromatic carbocycles. The molecule has 8 nitrogen and oxygen atoms in total. The highest BCUT2D eigenvalue weighted by Crippen LogP contribution is 2.14. The first-order chi connectivity index (χ1) is 13.5. The minimum absolute atomic E-state index is 0.118. The number of primary amides is 1. The Balaban J connectivity index is 1.82. The van der Waals surface area contributed by atoms with E-state index in [0.717, 1.165) is 42.5 Å². The van der Waals surface area contributed by atoms with Gasteiger partial charge in [0, 0.05) is 19.2 Å². The largest absolute Gasteiger partial charge is 0.484 e. The molecule has 0 radical (unpaired) electrons. The number of hydrogen-bond donors (Lipinski definition) is 3. The van der Waals surface area contributed by atoms with Crippen LogP contribution in [0.4, 0.5) is 0 Å². The summed E-state index contributed by atoms with van der Waals surface area (Å²) in [4.78, 5) is 15.3. The Morgan fingerprint density at radius 3 is 2.64 bits per heavy atom. The molecule has 0 aliphatic rings. The van der Waals surface area contributed by atoms with Crippen LogP contribution in [0.5, 0.6) is 5.75 Å². The highest BCUT2D eigenvalue weighted by atomic mass is 16.5. The molecule has 1 aromatic heterocycles. The molecule has 0 aliphatic carbocycles. The first-order valence-corrected chi connectivity index (χ1v) is 9.45. The van der Waals surface area contributed by atoms with Gasteiger partial charge < -0.3 is 25.6 Å². The van der Waals surface area contributed by atoms with Gasteiger partial charge in [-0.3, -0.25) is 4.79 Å². The molecule has 0 saturated carbocycles. The molecule has 1 amide bonds. The summed E-state index contributed by atoms with van der Waals surface area (Å²) in [6.45, 7) is 7.98. The zero-order valence-electron chi connectivity index (χ0n) is 16.7. The summed E-state index contributed by atoms with van der Waals surface area (Å²) in [5.74, 6) is 1.94. The fraction of sp³-hybridized carbons (Fsp3) is 0.450. The number of nitrogens with one attached hydrogen (secondary N) is 2. The number of carbonyl (C=O) groups is 1. The van der Waals surface area contributed by atoms with E-state index in [-0.39, 0.29) is 6.61 Å². The lowest BCUT2D eigenvalue weighted by Gasteiger charge is -2.11. The highest BCUT2D eigenvalue weighted by Gasteiger charge is 2.07. The summed E-state index contributed by atoms with van der Waals surface area (Å²) >= 11 is 0. The second-order valence-corrected chi connectivity index (χ2v) is 6.64. The molecule has 0 aliphatic heterocycles. The van der Waals surface area contributed by atoms with Gasteiger partial charge in [-0.1, -0.05) is 31.1 Å². The number of aliphatic imine (C=N–C) groups is 1. The molecule has 28 heavy (non-hydrogen) atoms. The molecule has 1 heterocycles. The van der Waals surface area contributed by atoms with Crippen LogP contribution in [0.2, 0.25) is 0 Å². The van der Waals surface area contributed by atoms with E-state index < -0.39 is 5.91 Å². The SMILES string of the molecule is CCNC(=NCc1cc(C(C)C)no1)NCCc1ccc(OCC(N)=O)cc1. The molecule has 152 valence electrons. The molecule has 0 atom stereocenters. The lowest BCUT2D eigenvalue weighted by molar-refractivity contribution is -0.119. The van der Waals surface area contributed by atoms with Crippen LogP contribution in [0.25, 0.3) is 0 Å². The highest BCUT2D eigenvalue weighted by molar-refractivity contribution is 5.79. The summed E-state index contributed by atoms with van der Waals surface area (Å²) in [5, 5.41) is 10.6. The molecule has 0 saturated heterocycles. The maximum Gasteiger partial charge on any atom is 0.255 e. The van der Waals surface area contributed by atoms with Crippen molar-refractivity contribution in [2.24, 2.45) is 10.7 Å². The van der Waals surface area contributed by atoms with Crippen molar-refractivity contribution in [3.63, 3.8) is 0 Å². The predicted octanol–water partition coefficient (Wildman–Crippen LogP) is 1.96. The van der Waals surface area contributed by atoms with Gasteiger partial charge in [0.1, 0.15) is 12.3 Å². The number of benzene rings is 1. The molecular formula is C20H29N5O3. The lowest BCUT2D eigenvalue weighted by atomic mass is 10.1. The minimum atomic E-state index is -0.491. The van der Waals surface area contributed by atoms with Crippen LogP contribution in [0.15, 0.2) is 39.8 Å². The van der Waals surface area contributed by atoms with E-state index >= 15 is 0 Å². The summed E-state index contributed by atoms with van der Waals surface area (Å²) in [6, 6.07) is 9.52. The molecule has 4 N–H and O–H groups in total. The van der Waals surface area contributed by atoms with E-state index in [1.54, 1.807) is 0 Å². The number of ether oxygens (including phenoxy) is 1. The first kappa shape index (κ1) is 21.3. The smallest absolute Gasteiger partial charge is 0.255 e. The van der Waals surface area contributed by atoms with Gasteiger partial charge in [0.15, 0.2) is 18.3 Å². The van der Waals surface area contributed by atoms with Gasteiger partial charge in [-0.2, -0.15) is 0 Å². The summed E-state index contributed by atoms with van der Waals surface area (Å²) in [5.41, 5.74) is 7.15. The van der Waals surface area contributed by atoms with Crippen molar-refractivity contribution < 1.29 is 14.1 Å². The topological polar surface area (TPSA) is 115 Å². The number of hydrogen-bond acceptors (Lipinski definition) is 5. The molecular weight excluding hydrogens is 358 g/mol. The van der Waals surface area contributed by atoms with Gasteiger partial charge in [-0.25, -0.2) is 4.99 Å². The van der Waals surface area contributed by atoms with Crippen molar-refractivity contribution in [1.82, 2.24) is 15.8 Å². The second kappa shape index (κ2) is 11.0. The third kappa shape index (κ3) is 7.30. The van der Waals surface area contributed by atoms with Gasteiger partial charge in [-0.05, 0) is 37.0 Å². The van der Waals surface area contributed by atoms with Crippen molar-refractivity contribution in [2.75, 3.05) is 19.7 Å². The number of nitrogens with two attached hydrogens (primary N) is 1. The Kier molecular flexibility index (Phi) is 8.33.